The Morgan fingerprint density at radius 2 is 1.77 bits per heavy atom. The van der Waals surface area contributed by atoms with Gasteiger partial charge in [0.2, 0.25) is 0 Å². The van der Waals surface area contributed by atoms with Crippen molar-refractivity contribution in [3.05, 3.63) is 59.7 Å². The van der Waals surface area contributed by atoms with Crippen molar-refractivity contribution >= 4 is 17.8 Å². The van der Waals surface area contributed by atoms with Crippen molar-refractivity contribution in [3.63, 3.8) is 0 Å². The molecular weight excluding hydrogens is 278 g/mol. The van der Waals surface area contributed by atoms with E-state index in [4.69, 9.17) is 0 Å². The van der Waals surface area contributed by atoms with Gasteiger partial charge in [-0.25, -0.2) is 5.43 Å². The van der Waals surface area contributed by atoms with Crippen LogP contribution in [0.25, 0.3) is 0 Å². The summed E-state index contributed by atoms with van der Waals surface area (Å²) in [4.78, 5) is 11.9. The third-order valence-electron chi connectivity index (χ3n) is 3.11. The Kier molecular flexibility index (Phi) is 5.14. The van der Waals surface area contributed by atoms with Crippen molar-refractivity contribution in [1.82, 2.24) is 5.43 Å². The first-order valence-corrected chi connectivity index (χ1v) is 7.00. The van der Waals surface area contributed by atoms with Gasteiger partial charge in [0.25, 0.3) is 5.91 Å². The zero-order chi connectivity index (χ0) is 15.9. The lowest BCUT2D eigenvalue weighted by Crippen LogP contribution is -2.34. The molecule has 0 radical (unpaired) electrons. The normalized spacial score (nSPS) is 12.1. The fourth-order valence-electron chi connectivity index (χ4n) is 1.79. The van der Waals surface area contributed by atoms with E-state index in [1.807, 2.05) is 31.2 Å². The first-order valence-electron chi connectivity index (χ1n) is 7.00. The summed E-state index contributed by atoms with van der Waals surface area (Å²) >= 11 is 0. The number of rotatable bonds is 5. The number of carbonyl (C=O) groups excluding carboxylic acids is 1. The Balaban J connectivity index is 1.85. The van der Waals surface area contributed by atoms with Crippen LogP contribution in [0.1, 0.15) is 18.1 Å². The number of anilines is 1. The number of carbonyl (C=O) groups is 1. The molecule has 114 valence electrons. The minimum Gasteiger partial charge on any atom is -0.508 e. The molecule has 2 rings (SSSR count). The maximum absolute atomic E-state index is 11.9. The van der Waals surface area contributed by atoms with Crippen molar-refractivity contribution < 1.29 is 9.90 Å². The molecule has 1 amide bonds. The second-order valence-corrected chi connectivity index (χ2v) is 5.06. The monoisotopic (exact) mass is 297 g/mol. The summed E-state index contributed by atoms with van der Waals surface area (Å²) in [5, 5.41) is 16.2. The van der Waals surface area contributed by atoms with E-state index < -0.39 is 6.04 Å². The highest BCUT2D eigenvalue weighted by molar-refractivity contribution is 5.86. The first-order chi connectivity index (χ1) is 10.5. The molecule has 2 aromatic carbocycles. The summed E-state index contributed by atoms with van der Waals surface area (Å²) in [6, 6.07) is 14.0. The number of phenolic OH excluding ortho intramolecular Hbond substituents is 1. The van der Waals surface area contributed by atoms with Crippen molar-refractivity contribution in [2.24, 2.45) is 5.10 Å². The Morgan fingerprint density at radius 3 is 2.41 bits per heavy atom. The van der Waals surface area contributed by atoms with E-state index in [0.717, 1.165) is 11.3 Å². The molecule has 0 aliphatic rings. The maximum Gasteiger partial charge on any atom is 0.262 e. The van der Waals surface area contributed by atoms with E-state index in [2.05, 4.69) is 15.8 Å². The molecule has 0 bridgehead atoms. The number of nitrogens with one attached hydrogen (secondary N) is 2. The van der Waals surface area contributed by atoms with Gasteiger partial charge in [-0.2, -0.15) is 5.10 Å². The van der Waals surface area contributed by atoms with E-state index in [1.54, 1.807) is 31.2 Å². The highest BCUT2D eigenvalue weighted by Gasteiger charge is 2.11. The average Bonchev–Trinajstić information content (AvgIpc) is 2.51. The quantitative estimate of drug-likeness (QED) is 0.587. The molecule has 5 nitrogen and oxygen atoms in total. The zero-order valence-corrected chi connectivity index (χ0v) is 12.6. The van der Waals surface area contributed by atoms with Gasteiger partial charge in [0.15, 0.2) is 0 Å². The van der Waals surface area contributed by atoms with E-state index >= 15 is 0 Å². The number of hydrogen-bond donors (Lipinski definition) is 3. The number of amides is 1. The number of aromatic hydroxyl groups is 1. The summed E-state index contributed by atoms with van der Waals surface area (Å²) < 4.78 is 0. The summed E-state index contributed by atoms with van der Waals surface area (Å²) in [5.74, 6) is -0.0345. The number of nitrogens with zero attached hydrogens (tertiary/aromatic N) is 1. The van der Waals surface area contributed by atoms with Gasteiger partial charge in [-0.05, 0) is 55.8 Å². The third-order valence-corrected chi connectivity index (χ3v) is 3.11. The average molecular weight is 297 g/mol. The molecule has 1 atom stereocenters. The number of phenols is 1. The van der Waals surface area contributed by atoms with Crippen LogP contribution in [0, 0.1) is 6.92 Å². The van der Waals surface area contributed by atoms with E-state index in [-0.39, 0.29) is 11.7 Å². The molecule has 2 aromatic rings. The summed E-state index contributed by atoms with van der Waals surface area (Å²) in [5.41, 5.74) is 5.32. The highest BCUT2D eigenvalue weighted by Crippen LogP contribution is 2.10. The molecule has 0 aliphatic heterocycles. The summed E-state index contributed by atoms with van der Waals surface area (Å²) in [6.45, 7) is 3.78. The second-order valence-electron chi connectivity index (χ2n) is 5.06. The molecule has 0 heterocycles. The van der Waals surface area contributed by atoms with Crippen molar-refractivity contribution in [3.8, 4) is 5.75 Å². The van der Waals surface area contributed by atoms with Crippen LogP contribution < -0.4 is 10.7 Å². The fourth-order valence-corrected chi connectivity index (χ4v) is 1.79. The minimum absolute atomic E-state index is 0.192. The Labute approximate surface area is 129 Å². The third kappa shape index (κ3) is 4.63. The van der Waals surface area contributed by atoms with Gasteiger partial charge in [0.05, 0.1) is 6.21 Å². The molecule has 3 N–H and O–H groups in total. The SMILES string of the molecule is Cc1ccc(NC(C)C(=O)NN=Cc2ccc(O)cc2)cc1. The maximum atomic E-state index is 11.9. The van der Waals surface area contributed by atoms with Crippen LogP contribution in [0.3, 0.4) is 0 Å². The van der Waals surface area contributed by atoms with Gasteiger partial charge in [0, 0.05) is 5.69 Å². The second kappa shape index (κ2) is 7.26. The van der Waals surface area contributed by atoms with Gasteiger partial charge in [0.1, 0.15) is 11.8 Å². The summed E-state index contributed by atoms with van der Waals surface area (Å²) in [7, 11) is 0. The number of benzene rings is 2. The lowest BCUT2D eigenvalue weighted by molar-refractivity contribution is -0.121. The molecule has 0 aromatic heterocycles. The topological polar surface area (TPSA) is 73.7 Å². The largest absolute Gasteiger partial charge is 0.508 e. The predicted molar refractivity (Wildman–Crippen MR) is 88.1 cm³/mol. The van der Waals surface area contributed by atoms with Gasteiger partial charge in [-0.15, -0.1) is 0 Å². The lowest BCUT2D eigenvalue weighted by Gasteiger charge is -2.13. The Morgan fingerprint density at radius 1 is 1.14 bits per heavy atom. The molecule has 0 saturated heterocycles. The summed E-state index contributed by atoms with van der Waals surface area (Å²) in [6.07, 6.45) is 1.52. The fraction of sp³-hybridized carbons (Fsp3) is 0.176. The van der Waals surface area contributed by atoms with Crippen LogP contribution in [0.2, 0.25) is 0 Å². The standard InChI is InChI=1S/C17H19N3O2/c1-12-3-7-15(8-4-12)19-13(2)17(22)20-18-11-14-5-9-16(21)10-6-14/h3-11,13,19,21H,1-2H3,(H,20,22). The predicted octanol–water partition coefficient (Wildman–Crippen LogP) is 2.65. The van der Waals surface area contributed by atoms with Gasteiger partial charge < -0.3 is 10.4 Å². The van der Waals surface area contributed by atoms with Crippen molar-refractivity contribution in [1.29, 1.82) is 0 Å². The molecule has 0 spiro atoms. The number of aryl methyl sites for hydroxylation is 1. The van der Waals surface area contributed by atoms with Gasteiger partial charge in [-0.1, -0.05) is 17.7 Å². The van der Waals surface area contributed by atoms with E-state index in [9.17, 15) is 9.90 Å². The van der Waals surface area contributed by atoms with Gasteiger partial charge in [-0.3, -0.25) is 4.79 Å². The van der Waals surface area contributed by atoms with Crippen molar-refractivity contribution in [2.45, 2.75) is 19.9 Å². The van der Waals surface area contributed by atoms with Crippen LogP contribution >= 0.6 is 0 Å². The lowest BCUT2D eigenvalue weighted by atomic mass is 10.2. The van der Waals surface area contributed by atoms with Crippen LogP contribution in [0.5, 0.6) is 5.75 Å². The Hall–Kier alpha value is -2.82. The smallest absolute Gasteiger partial charge is 0.262 e. The van der Waals surface area contributed by atoms with Crippen LogP contribution in [-0.4, -0.2) is 23.3 Å². The zero-order valence-electron chi connectivity index (χ0n) is 12.6. The number of hydrogen-bond acceptors (Lipinski definition) is 4. The van der Waals surface area contributed by atoms with Crippen LogP contribution in [0.15, 0.2) is 53.6 Å². The van der Waals surface area contributed by atoms with Crippen LogP contribution in [-0.2, 0) is 4.79 Å². The van der Waals surface area contributed by atoms with Gasteiger partial charge >= 0.3 is 0 Å². The molecule has 1 unspecified atom stereocenters. The Bertz CT molecular complexity index is 649. The van der Waals surface area contributed by atoms with E-state index in [0.29, 0.717) is 0 Å². The molecule has 0 fully saturated rings. The number of hydrazone groups is 1. The van der Waals surface area contributed by atoms with E-state index in [1.165, 1.54) is 11.8 Å². The molecule has 0 aliphatic carbocycles. The highest BCUT2D eigenvalue weighted by atomic mass is 16.3. The molecule has 0 saturated carbocycles. The molecule has 22 heavy (non-hydrogen) atoms. The minimum atomic E-state index is -0.403. The molecular formula is C17H19N3O2. The van der Waals surface area contributed by atoms with Crippen LogP contribution in [0.4, 0.5) is 5.69 Å². The molecule has 5 heteroatoms. The first kappa shape index (κ1) is 15.6. The van der Waals surface area contributed by atoms with Crippen molar-refractivity contribution in [2.75, 3.05) is 5.32 Å².